The highest BCUT2D eigenvalue weighted by atomic mass is 32.1. The van der Waals surface area contributed by atoms with Gasteiger partial charge in [-0.15, -0.1) is 11.3 Å². The molecule has 1 rings (SSSR count). The maximum Gasteiger partial charge on any atom is 0.343 e. The number of aromatic nitrogens is 1. The number of hydrogen-bond acceptors (Lipinski definition) is 9. The minimum absolute atomic E-state index is 0.0386. The Hall–Kier alpha value is -2.49. The van der Waals surface area contributed by atoms with Crippen molar-refractivity contribution in [3.63, 3.8) is 0 Å². The van der Waals surface area contributed by atoms with Crippen molar-refractivity contribution in [2.75, 3.05) is 19.8 Å². The van der Waals surface area contributed by atoms with E-state index in [9.17, 15) is 19.2 Å². The summed E-state index contributed by atoms with van der Waals surface area (Å²) in [5, 5.41) is 4.71. The molecule has 0 spiro atoms. The fourth-order valence-electron chi connectivity index (χ4n) is 2.46. The van der Waals surface area contributed by atoms with Crippen molar-refractivity contribution in [1.29, 1.82) is 0 Å². The van der Waals surface area contributed by atoms with E-state index in [-0.39, 0.29) is 45.1 Å². The van der Waals surface area contributed by atoms with Crippen LogP contribution >= 0.6 is 11.3 Å². The third-order valence-corrected chi connectivity index (χ3v) is 4.54. The predicted molar refractivity (Wildman–Crippen MR) is 101 cm³/mol. The number of rotatable bonds is 11. The Labute approximate surface area is 167 Å². The van der Waals surface area contributed by atoms with Gasteiger partial charge in [0.05, 0.1) is 36.9 Å². The number of aryl methyl sites for hydroxylation is 1. The molecule has 28 heavy (non-hydrogen) atoms. The molecule has 0 saturated heterocycles. The zero-order valence-electron chi connectivity index (χ0n) is 16.5. The molecular weight excluding hydrogens is 388 g/mol. The van der Waals surface area contributed by atoms with Crippen LogP contribution in [-0.2, 0) is 46.2 Å². The van der Waals surface area contributed by atoms with Crippen molar-refractivity contribution in [1.82, 2.24) is 10.3 Å². The Kier molecular flexibility index (Phi) is 9.57. The topological polar surface area (TPSA) is 121 Å². The Morgan fingerprint density at radius 3 is 2.11 bits per heavy atom. The molecule has 1 heterocycles. The highest BCUT2D eigenvalue weighted by molar-refractivity contribution is 7.09. The molecule has 10 heteroatoms. The maximum atomic E-state index is 12.5. The smallest absolute Gasteiger partial charge is 0.343 e. The molecule has 0 atom stereocenters. The number of amides is 1. The van der Waals surface area contributed by atoms with E-state index in [1.807, 2.05) is 0 Å². The number of hydrogen-bond donors (Lipinski definition) is 1. The third kappa shape index (κ3) is 6.59. The van der Waals surface area contributed by atoms with Crippen molar-refractivity contribution in [2.24, 2.45) is 0 Å². The van der Waals surface area contributed by atoms with Crippen LogP contribution in [0.5, 0.6) is 0 Å². The van der Waals surface area contributed by atoms with Gasteiger partial charge in [0, 0.05) is 18.7 Å². The van der Waals surface area contributed by atoms with E-state index in [2.05, 4.69) is 10.3 Å². The number of nitrogens with zero attached hydrogens (tertiary/aromatic N) is 1. The summed E-state index contributed by atoms with van der Waals surface area (Å²) in [4.78, 5) is 52.7. The van der Waals surface area contributed by atoms with Gasteiger partial charge in [-0.1, -0.05) is 0 Å². The molecule has 1 amide bonds. The molecule has 1 aromatic rings. The number of thiazole rings is 1. The van der Waals surface area contributed by atoms with Crippen molar-refractivity contribution in [3.05, 3.63) is 16.1 Å². The van der Waals surface area contributed by atoms with Crippen LogP contribution in [0.25, 0.3) is 0 Å². The van der Waals surface area contributed by atoms with E-state index >= 15 is 0 Å². The Bertz CT molecular complexity index is 684. The number of esters is 3. The molecule has 0 aliphatic carbocycles. The SMILES string of the molecule is CCOC(=O)Cc1csc(CCC(NC(C)=O)(C(=O)OCC)C(=O)OCC)n1. The average Bonchev–Trinajstić information content (AvgIpc) is 3.06. The fraction of sp³-hybridized carbons (Fsp3) is 0.611. The van der Waals surface area contributed by atoms with E-state index in [0.29, 0.717) is 10.7 Å². The largest absolute Gasteiger partial charge is 0.466 e. The monoisotopic (exact) mass is 414 g/mol. The van der Waals surface area contributed by atoms with Crippen molar-refractivity contribution < 1.29 is 33.4 Å². The van der Waals surface area contributed by atoms with Gasteiger partial charge in [-0.3, -0.25) is 9.59 Å². The first-order valence-electron chi connectivity index (χ1n) is 9.01. The van der Waals surface area contributed by atoms with Crippen molar-refractivity contribution in [3.8, 4) is 0 Å². The van der Waals surface area contributed by atoms with Crippen LogP contribution in [0.3, 0.4) is 0 Å². The summed E-state index contributed by atoms with van der Waals surface area (Å²) >= 11 is 1.28. The second kappa shape index (κ2) is 11.4. The minimum atomic E-state index is -1.95. The summed E-state index contributed by atoms with van der Waals surface area (Å²) in [5.41, 5.74) is -1.42. The van der Waals surface area contributed by atoms with Crippen LogP contribution in [0.4, 0.5) is 0 Å². The second-order valence-corrected chi connectivity index (χ2v) is 6.68. The highest BCUT2D eigenvalue weighted by Gasteiger charge is 2.49. The lowest BCUT2D eigenvalue weighted by molar-refractivity contribution is -0.168. The Morgan fingerprint density at radius 2 is 1.61 bits per heavy atom. The molecule has 0 unspecified atom stereocenters. The maximum absolute atomic E-state index is 12.5. The molecule has 0 bridgehead atoms. The molecule has 9 nitrogen and oxygen atoms in total. The number of carbonyl (C=O) groups is 4. The molecule has 0 aromatic carbocycles. The van der Waals surface area contributed by atoms with Crippen LogP contribution in [0, 0.1) is 0 Å². The lowest BCUT2D eigenvalue weighted by Gasteiger charge is -2.29. The van der Waals surface area contributed by atoms with Gasteiger partial charge in [0.25, 0.3) is 0 Å². The summed E-state index contributed by atoms with van der Waals surface area (Å²) < 4.78 is 14.9. The summed E-state index contributed by atoms with van der Waals surface area (Å²) in [7, 11) is 0. The second-order valence-electron chi connectivity index (χ2n) is 5.74. The Morgan fingerprint density at radius 1 is 1.04 bits per heavy atom. The minimum Gasteiger partial charge on any atom is -0.466 e. The molecule has 0 radical (unpaired) electrons. The van der Waals surface area contributed by atoms with Gasteiger partial charge in [0.1, 0.15) is 0 Å². The summed E-state index contributed by atoms with van der Waals surface area (Å²) in [6.07, 6.45) is 0.152. The summed E-state index contributed by atoms with van der Waals surface area (Å²) in [6, 6.07) is 0. The summed E-state index contributed by atoms with van der Waals surface area (Å²) in [6.45, 7) is 6.49. The highest BCUT2D eigenvalue weighted by Crippen LogP contribution is 2.22. The lowest BCUT2D eigenvalue weighted by atomic mass is 9.93. The average molecular weight is 414 g/mol. The van der Waals surface area contributed by atoms with Crippen molar-refractivity contribution >= 4 is 35.2 Å². The van der Waals surface area contributed by atoms with Crippen molar-refractivity contribution in [2.45, 2.75) is 52.5 Å². The molecule has 1 N–H and O–H groups in total. The normalized spacial score (nSPS) is 10.9. The molecule has 0 saturated carbocycles. The van der Waals surface area contributed by atoms with Gasteiger partial charge in [-0.2, -0.15) is 0 Å². The number of nitrogens with one attached hydrogen (secondary N) is 1. The first-order chi connectivity index (χ1) is 13.3. The van der Waals surface area contributed by atoms with E-state index in [1.54, 1.807) is 26.2 Å². The van der Waals surface area contributed by atoms with Gasteiger partial charge < -0.3 is 19.5 Å². The van der Waals surface area contributed by atoms with Crippen LogP contribution in [0.2, 0.25) is 0 Å². The van der Waals surface area contributed by atoms with Crippen LogP contribution in [-0.4, -0.2) is 54.2 Å². The molecular formula is C18H26N2O7S. The van der Waals surface area contributed by atoms with Crippen LogP contribution in [0.15, 0.2) is 5.38 Å². The fourth-order valence-corrected chi connectivity index (χ4v) is 3.26. The molecule has 156 valence electrons. The number of ether oxygens (including phenoxy) is 3. The van der Waals surface area contributed by atoms with E-state index in [4.69, 9.17) is 14.2 Å². The first-order valence-corrected chi connectivity index (χ1v) is 9.89. The zero-order chi connectivity index (χ0) is 21.2. The molecule has 0 aliphatic rings. The van der Waals surface area contributed by atoms with E-state index in [1.165, 1.54) is 18.3 Å². The van der Waals surface area contributed by atoms with Gasteiger partial charge >= 0.3 is 17.9 Å². The van der Waals surface area contributed by atoms with Gasteiger partial charge in [-0.25, -0.2) is 14.6 Å². The van der Waals surface area contributed by atoms with Gasteiger partial charge in [-0.05, 0) is 27.2 Å². The van der Waals surface area contributed by atoms with Gasteiger partial charge in [0.15, 0.2) is 0 Å². The Balaban J connectivity index is 3.01. The van der Waals surface area contributed by atoms with E-state index in [0.717, 1.165) is 0 Å². The predicted octanol–water partition coefficient (Wildman–Crippen LogP) is 1.18. The molecule has 0 fully saturated rings. The molecule has 0 aliphatic heterocycles. The summed E-state index contributed by atoms with van der Waals surface area (Å²) in [5.74, 6) is -2.72. The van der Waals surface area contributed by atoms with Crippen LogP contribution < -0.4 is 5.32 Å². The third-order valence-electron chi connectivity index (χ3n) is 3.58. The zero-order valence-corrected chi connectivity index (χ0v) is 17.3. The quantitative estimate of drug-likeness (QED) is 0.326. The van der Waals surface area contributed by atoms with E-state index < -0.39 is 23.4 Å². The standard InChI is InChI=1S/C18H26N2O7S/c1-5-25-15(22)10-13-11-28-14(19-13)8-9-18(20-12(4)21,16(23)26-6-2)17(24)27-7-3/h11H,5-10H2,1-4H3,(H,20,21). The van der Waals surface area contributed by atoms with Crippen LogP contribution in [0.1, 0.15) is 44.8 Å². The first kappa shape index (κ1) is 23.5. The molecule has 1 aromatic heterocycles. The number of carbonyl (C=O) groups excluding carboxylic acids is 4. The lowest BCUT2D eigenvalue weighted by Crippen LogP contribution is -2.61. The van der Waals surface area contributed by atoms with Gasteiger partial charge in [0.2, 0.25) is 11.4 Å².